The smallest absolute Gasteiger partial charge is 0.143 e. The van der Waals surface area contributed by atoms with Crippen molar-refractivity contribution >= 4 is 6.08 Å². The van der Waals surface area contributed by atoms with Gasteiger partial charge in [-0.25, -0.2) is 4.98 Å². The van der Waals surface area contributed by atoms with Gasteiger partial charge in [-0.15, -0.1) is 0 Å². The molecular formula is C18H17N3O. The van der Waals surface area contributed by atoms with Crippen LogP contribution >= 0.6 is 0 Å². The molecule has 4 heteroatoms. The van der Waals surface area contributed by atoms with Gasteiger partial charge in [-0.3, -0.25) is 4.98 Å². The molecule has 1 N–H and O–H groups in total. The first kappa shape index (κ1) is 14.2. The number of hydrogen-bond donors (Lipinski definition) is 1. The molecule has 4 nitrogen and oxygen atoms in total. The zero-order valence-corrected chi connectivity index (χ0v) is 12.1. The Hall–Kier alpha value is -2.72. The van der Waals surface area contributed by atoms with Crippen LogP contribution in [0.15, 0.2) is 79.5 Å². The molecule has 0 radical (unpaired) electrons. The fraction of sp³-hybridized carbons (Fsp3) is 0.111. The number of pyridine rings is 1. The molecular weight excluding hydrogens is 274 g/mol. The van der Waals surface area contributed by atoms with Crippen LogP contribution in [0.25, 0.3) is 6.08 Å². The van der Waals surface area contributed by atoms with Gasteiger partial charge in [-0.1, -0.05) is 42.5 Å². The maximum Gasteiger partial charge on any atom is 0.143 e. The van der Waals surface area contributed by atoms with Crippen LogP contribution in [0.3, 0.4) is 0 Å². The van der Waals surface area contributed by atoms with E-state index in [1.807, 2.05) is 65.4 Å². The lowest BCUT2D eigenvalue weighted by Gasteiger charge is -2.24. The van der Waals surface area contributed by atoms with Crippen molar-refractivity contribution in [2.45, 2.75) is 12.1 Å². The quantitative estimate of drug-likeness (QED) is 0.786. The van der Waals surface area contributed by atoms with Gasteiger partial charge in [-0.2, -0.15) is 0 Å². The van der Waals surface area contributed by atoms with Gasteiger partial charge >= 0.3 is 0 Å². The summed E-state index contributed by atoms with van der Waals surface area (Å²) in [6.07, 6.45) is 10.6. The van der Waals surface area contributed by atoms with Crippen molar-refractivity contribution in [1.29, 1.82) is 0 Å². The molecule has 0 saturated heterocycles. The molecule has 0 aliphatic heterocycles. The third kappa shape index (κ3) is 3.30. The molecule has 0 bridgehead atoms. The monoisotopic (exact) mass is 291 g/mol. The number of hydrogen-bond acceptors (Lipinski definition) is 3. The summed E-state index contributed by atoms with van der Waals surface area (Å²) >= 11 is 0. The van der Waals surface area contributed by atoms with E-state index in [-0.39, 0.29) is 0 Å². The Morgan fingerprint density at radius 3 is 2.55 bits per heavy atom. The molecule has 0 unspecified atom stereocenters. The predicted octanol–water partition coefficient (Wildman–Crippen LogP) is 2.88. The number of imidazole rings is 1. The zero-order chi connectivity index (χ0) is 15.3. The number of rotatable bonds is 5. The molecule has 0 aliphatic carbocycles. The van der Waals surface area contributed by atoms with Crippen molar-refractivity contribution in [3.05, 3.63) is 90.8 Å². The van der Waals surface area contributed by atoms with Gasteiger partial charge in [0.2, 0.25) is 0 Å². The van der Waals surface area contributed by atoms with Crippen molar-refractivity contribution in [2.24, 2.45) is 0 Å². The lowest BCUT2D eigenvalue weighted by molar-refractivity contribution is 0.0659. The molecule has 0 fully saturated rings. The van der Waals surface area contributed by atoms with E-state index in [1.165, 1.54) is 0 Å². The maximum absolute atomic E-state index is 11.1. The normalized spacial score (nSPS) is 14.0. The van der Waals surface area contributed by atoms with Gasteiger partial charge in [0.05, 0.1) is 18.6 Å². The summed E-state index contributed by atoms with van der Waals surface area (Å²) < 4.78 is 1.84. The van der Waals surface area contributed by atoms with Crippen LogP contribution in [0.2, 0.25) is 0 Å². The fourth-order valence-electron chi connectivity index (χ4n) is 2.29. The molecule has 3 rings (SSSR count). The third-order valence-corrected chi connectivity index (χ3v) is 3.44. The second kappa shape index (κ2) is 6.37. The Kier molecular flexibility index (Phi) is 4.12. The van der Waals surface area contributed by atoms with E-state index in [2.05, 4.69) is 9.97 Å². The van der Waals surface area contributed by atoms with Gasteiger partial charge in [0, 0.05) is 18.6 Å². The molecule has 0 saturated carbocycles. The van der Waals surface area contributed by atoms with E-state index in [1.54, 1.807) is 24.8 Å². The summed E-state index contributed by atoms with van der Waals surface area (Å²) in [5.41, 5.74) is 0.441. The average Bonchev–Trinajstić information content (AvgIpc) is 3.08. The lowest BCUT2D eigenvalue weighted by Crippen LogP contribution is -2.29. The average molecular weight is 291 g/mol. The van der Waals surface area contributed by atoms with Crippen LogP contribution in [0.5, 0.6) is 0 Å². The number of aromatic nitrogens is 3. The molecule has 3 aromatic rings. The topological polar surface area (TPSA) is 50.9 Å². The summed E-state index contributed by atoms with van der Waals surface area (Å²) in [4.78, 5) is 8.33. The molecule has 110 valence electrons. The largest absolute Gasteiger partial charge is 0.377 e. The number of benzene rings is 1. The Morgan fingerprint density at radius 1 is 1.05 bits per heavy atom. The van der Waals surface area contributed by atoms with E-state index >= 15 is 0 Å². The second-order valence-corrected chi connectivity index (χ2v) is 5.12. The second-order valence-electron chi connectivity index (χ2n) is 5.12. The fourth-order valence-corrected chi connectivity index (χ4v) is 2.29. The molecule has 0 spiro atoms. The van der Waals surface area contributed by atoms with Gasteiger partial charge in [0.1, 0.15) is 5.60 Å². The van der Waals surface area contributed by atoms with Gasteiger partial charge in [0.15, 0.2) is 0 Å². The minimum Gasteiger partial charge on any atom is -0.377 e. The Bertz CT molecular complexity index is 724. The Balaban J connectivity index is 1.94. The van der Waals surface area contributed by atoms with Gasteiger partial charge in [-0.05, 0) is 23.8 Å². The highest BCUT2D eigenvalue weighted by atomic mass is 16.3. The highest BCUT2D eigenvalue weighted by Gasteiger charge is 2.28. The highest BCUT2D eigenvalue weighted by molar-refractivity contribution is 5.51. The molecule has 1 atom stereocenters. The van der Waals surface area contributed by atoms with Gasteiger partial charge in [0.25, 0.3) is 0 Å². The van der Waals surface area contributed by atoms with Crippen LogP contribution < -0.4 is 0 Å². The minimum atomic E-state index is -1.20. The minimum absolute atomic E-state index is 0.355. The predicted molar refractivity (Wildman–Crippen MR) is 85.8 cm³/mol. The van der Waals surface area contributed by atoms with Crippen LogP contribution in [-0.2, 0) is 12.1 Å². The van der Waals surface area contributed by atoms with Crippen LogP contribution in [-0.4, -0.2) is 19.6 Å². The molecule has 0 aliphatic rings. The highest BCUT2D eigenvalue weighted by Crippen LogP contribution is 2.24. The first-order valence-corrected chi connectivity index (χ1v) is 7.10. The van der Waals surface area contributed by atoms with Crippen molar-refractivity contribution in [3.8, 4) is 0 Å². The van der Waals surface area contributed by atoms with Crippen LogP contribution in [0.1, 0.15) is 11.3 Å². The summed E-state index contributed by atoms with van der Waals surface area (Å²) in [6, 6.07) is 15.4. The Labute approximate surface area is 129 Å². The van der Waals surface area contributed by atoms with Crippen molar-refractivity contribution in [2.75, 3.05) is 0 Å². The lowest BCUT2D eigenvalue weighted by atomic mass is 9.97. The molecule has 1 aromatic carbocycles. The summed E-state index contributed by atoms with van der Waals surface area (Å²) in [5.74, 6) is 0. The van der Waals surface area contributed by atoms with Crippen molar-refractivity contribution in [3.63, 3.8) is 0 Å². The molecule has 2 heterocycles. The Morgan fingerprint density at radius 2 is 1.86 bits per heavy atom. The summed E-state index contributed by atoms with van der Waals surface area (Å²) in [6.45, 7) is 0.355. The first-order valence-electron chi connectivity index (χ1n) is 7.10. The number of aliphatic hydroxyl groups is 1. The van der Waals surface area contributed by atoms with E-state index < -0.39 is 5.60 Å². The van der Waals surface area contributed by atoms with Gasteiger partial charge < -0.3 is 9.67 Å². The molecule has 2 aromatic heterocycles. The molecule has 22 heavy (non-hydrogen) atoms. The van der Waals surface area contributed by atoms with E-state index in [0.29, 0.717) is 12.2 Å². The SMILES string of the molecule is O[C@](/C=C\c1ccccc1)(Cn1ccnc1)c1ccccn1. The standard InChI is InChI=1S/C18H17N3O/c22-18(14-21-13-12-19-15-21,17-8-4-5-11-20-17)10-9-16-6-2-1-3-7-16/h1-13,15,22H,14H2/b10-9-/t18-/m1/s1. The first-order chi connectivity index (χ1) is 10.8. The van der Waals surface area contributed by atoms with E-state index in [4.69, 9.17) is 0 Å². The van der Waals surface area contributed by atoms with E-state index in [0.717, 1.165) is 5.56 Å². The third-order valence-electron chi connectivity index (χ3n) is 3.44. The van der Waals surface area contributed by atoms with E-state index in [9.17, 15) is 5.11 Å². The number of nitrogens with zero attached hydrogens (tertiary/aromatic N) is 3. The maximum atomic E-state index is 11.1. The molecule has 0 amide bonds. The summed E-state index contributed by atoms with van der Waals surface area (Å²) in [5, 5.41) is 11.1. The van der Waals surface area contributed by atoms with Crippen molar-refractivity contribution in [1.82, 2.24) is 14.5 Å². The summed E-state index contributed by atoms with van der Waals surface area (Å²) in [7, 11) is 0. The van der Waals surface area contributed by atoms with Crippen molar-refractivity contribution < 1.29 is 5.11 Å². The zero-order valence-electron chi connectivity index (χ0n) is 12.1. The van der Waals surface area contributed by atoms with Crippen LogP contribution in [0, 0.1) is 0 Å². The van der Waals surface area contributed by atoms with Crippen LogP contribution in [0.4, 0.5) is 0 Å².